The summed E-state index contributed by atoms with van der Waals surface area (Å²) in [5.41, 5.74) is 8.04. The van der Waals surface area contributed by atoms with Gasteiger partial charge in [0.1, 0.15) is 10.6 Å². The SMILES string of the molecule is CCCc1cc(N2CCNCC2)nc2sc(C(C)=O)c(N)c12. The lowest BCUT2D eigenvalue weighted by Gasteiger charge is -2.28. The van der Waals surface area contributed by atoms with Crippen LogP contribution in [0.1, 0.15) is 35.5 Å². The smallest absolute Gasteiger partial charge is 0.171 e. The minimum absolute atomic E-state index is 0.0201. The van der Waals surface area contributed by atoms with Crippen LogP contribution in [0.3, 0.4) is 0 Å². The van der Waals surface area contributed by atoms with Crippen molar-refractivity contribution in [2.75, 3.05) is 36.8 Å². The second-order valence-electron chi connectivity index (χ2n) is 5.71. The van der Waals surface area contributed by atoms with Crippen LogP contribution in [0, 0.1) is 0 Å². The van der Waals surface area contributed by atoms with Gasteiger partial charge in [-0.2, -0.15) is 0 Å². The minimum Gasteiger partial charge on any atom is -0.397 e. The van der Waals surface area contributed by atoms with Crippen molar-refractivity contribution < 1.29 is 4.79 Å². The highest BCUT2D eigenvalue weighted by atomic mass is 32.1. The Morgan fingerprint density at radius 2 is 2.18 bits per heavy atom. The lowest BCUT2D eigenvalue weighted by atomic mass is 10.1. The number of hydrogen-bond donors (Lipinski definition) is 2. The number of Topliss-reactive ketones (excluding diaryl/α,β-unsaturated/α-hetero) is 1. The number of thiophene rings is 1. The molecule has 0 amide bonds. The van der Waals surface area contributed by atoms with E-state index >= 15 is 0 Å². The summed E-state index contributed by atoms with van der Waals surface area (Å²) < 4.78 is 0. The van der Waals surface area contributed by atoms with Crippen molar-refractivity contribution in [3.8, 4) is 0 Å². The van der Waals surface area contributed by atoms with E-state index in [1.807, 2.05) is 0 Å². The Bertz CT molecular complexity index is 704. The zero-order valence-electron chi connectivity index (χ0n) is 13.1. The van der Waals surface area contributed by atoms with Gasteiger partial charge in [-0.05, 0) is 18.1 Å². The van der Waals surface area contributed by atoms with E-state index in [1.165, 1.54) is 16.9 Å². The summed E-state index contributed by atoms with van der Waals surface area (Å²) in [5.74, 6) is 1.03. The highest BCUT2D eigenvalue weighted by Crippen LogP contribution is 2.37. The van der Waals surface area contributed by atoms with Crippen molar-refractivity contribution in [1.29, 1.82) is 0 Å². The first-order chi connectivity index (χ1) is 10.6. The van der Waals surface area contributed by atoms with Gasteiger partial charge in [-0.1, -0.05) is 13.3 Å². The fourth-order valence-electron chi connectivity index (χ4n) is 2.97. The maximum absolute atomic E-state index is 11.8. The van der Waals surface area contributed by atoms with E-state index in [0.717, 1.165) is 55.1 Å². The molecule has 3 N–H and O–H groups in total. The van der Waals surface area contributed by atoms with Gasteiger partial charge in [-0.15, -0.1) is 11.3 Å². The number of carbonyl (C=O) groups excluding carboxylic acids is 1. The highest BCUT2D eigenvalue weighted by molar-refractivity contribution is 7.21. The van der Waals surface area contributed by atoms with Crippen molar-refractivity contribution in [2.24, 2.45) is 0 Å². The largest absolute Gasteiger partial charge is 0.397 e. The van der Waals surface area contributed by atoms with Crippen LogP contribution in [0.5, 0.6) is 0 Å². The minimum atomic E-state index is 0.0201. The molecule has 3 rings (SSSR count). The first-order valence-electron chi connectivity index (χ1n) is 7.80. The average Bonchev–Trinajstić information content (AvgIpc) is 2.86. The van der Waals surface area contributed by atoms with Crippen LogP contribution in [0.2, 0.25) is 0 Å². The number of nitrogens with two attached hydrogens (primary N) is 1. The molecule has 118 valence electrons. The third kappa shape index (κ3) is 2.68. The number of nitrogens with one attached hydrogen (secondary N) is 1. The van der Waals surface area contributed by atoms with Crippen LogP contribution in [0.15, 0.2) is 6.07 Å². The van der Waals surface area contributed by atoms with E-state index in [9.17, 15) is 4.79 Å². The maximum Gasteiger partial charge on any atom is 0.171 e. The Morgan fingerprint density at radius 3 is 2.82 bits per heavy atom. The third-order valence-electron chi connectivity index (χ3n) is 4.05. The Balaban J connectivity index is 2.14. The summed E-state index contributed by atoms with van der Waals surface area (Å²) in [5, 5.41) is 4.34. The van der Waals surface area contributed by atoms with Crippen molar-refractivity contribution >= 4 is 38.8 Å². The third-order valence-corrected chi connectivity index (χ3v) is 5.25. The van der Waals surface area contributed by atoms with Gasteiger partial charge in [0.05, 0.1) is 10.6 Å². The number of carbonyl (C=O) groups is 1. The van der Waals surface area contributed by atoms with E-state index < -0.39 is 0 Å². The molecule has 3 heterocycles. The van der Waals surface area contributed by atoms with E-state index in [0.29, 0.717) is 10.6 Å². The second-order valence-corrected chi connectivity index (χ2v) is 6.71. The van der Waals surface area contributed by atoms with Gasteiger partial charge in [0.15, 0.2) is 5.78 Å². The predicted molar refractivity (Wildman–Crippen MR) is 93.1 cm³/mol. The molecule has 6 heteroatoms. The molecule has 0 saturated carbocycles. The quantitative estimate of drug-likeness (QED) is 0.847. The molecule has 1 aliphatic heterocycles. The summed E-state index contributed by atoms with van der Waals surface area (Å²) >= 11 is 1.42. The summed E-state index contributed by atoms with van der Waals surface area (Å²) in [6.45, 7) is 7.61. The molecule has 0 radical (unpaired) electrons. The summed E-state index contributed by atoms with van der Waals surface area (Å²) in [4.78, 5) is 20.4. The second kappa shape index (κ2) is 6.22. The van der Waals surface area contributed by atoms with Gasteiger partial charge in [0.2, 0.25) is 0 Å². The van der Waals surface area contributed by atoms with Crippen LogP contribution < -0.4 is 16.0 Å². The van der Waals surface area contributed by atoms with Crippen molar-refractivity contribution in [2.45, 2.75) is 26.7 Å². The van der Waals surface area contributed by atoms with E-state index in [4.69, 9.17) is 10.7 Å². The first kappa shape index (κ1) is 15.2. The number of nitrogen functional groups attached to an aromatic ring is 1. The number of nitrogens with zero attached hydrogens (tertiary/aromatic N) is 2. The molecular weight excluding hydrogens is 296 g/mol. The van der Waals surface area contributed by atoms with Gasteiger partial charge < -0.3 is 16.0 Å². The molecule has 2 aromatic heterocycles. The Kier molecular flexibility index (Phi) is 4.31. The molecule has 0 aromatic carbocycles. The number of ketones is 1. The number of piperazine rings is 1. The zero-order valence-corrected chi connectivity index (χ0v) is 13.9. The van der Waals surface area contributed by atoms with E-state index in [1.54, 1.807) is 6.92 Å². The molecule has 2 aromatic rings. The molecule has 1 fully saturated rings. The van der Waals surface area contributed by atoms with Crippen molar-refractivity contribution in [3.63, 3.8) is 0 Å². The fraction of sp³-hybridized carbons (Fsp3) is 0.500. The van der Waals surface area contributed by atoms with Crippen LogP contribution in [-0.4, -0.2) is 36.9 Å². The molecule has 0 atom stereocenters. The van der Waals surface area contributed by atoms with Gasteiger partial charge in [-0.25, -0.2) is 4.98 Å². The van der Waals surface area contributed by atoms with Crippen LogP contribution in [0.4, 0.5) is 11.5 Å². The van der Waals surface area contributed by atoms with Gasteiger partial charge >= 0.3 is 0 Å². The standard InChI is InChI=1S/C16H22N4OS/c1-3-4-11-9-12(20-7-5-18-6-8-20)19-16-13(11)14(17)15(22-16)10(2)21/h9,18H,3-8,17H2,1-2H3. The average molecular weight is 318 g/mol. The zero-order chi connectivity index (χ0) is 15.7. The van der Waals surface area contributed by atoms with Gasteiger partial charge in [0, 0.05) is 38.5 Å². The fourth-order valence-corrected chi connectivity index (χ4v) is 4.00. The predicted octanol–water partition coefficient (Wildman–Crippen LogP) is 2.44. The molecule has 0 aliphatic carbocycles. The molecular formula is C16H22N4OS. The Morgan fingerprint density at radius 1 is 1.45 bits per heavy atom. The van der Waals surface area contributed by atoms with E-state index in [2.05, 4.69) is 23.2 Å². The highest BCUT2D eigenvalue weighted by Gasteiger charge is 2.20. The lowest BCUT2D eigenvalue weighted by Crippen LogP contribution is -2.43. The number of aryl methyl sites for hydroxylation is 1. The summed E-state index contributed by atoms with van der Waals surface area (Å²) in [6, 6.07) is 2.16. The molecule has 5 nitrogen and oxygen atoms in total. The number of rotatable bonds is 4. The van der Waals surface area contributed by atoms with Crippen LogP contribution in [-0.2, 0) is 6.42 Å². The number of fused-ring (bicyclic) bond motifs is 1. The first-order valence-corrected chi connectivity index (χ1v) is 8.62. The normalized spacial score (nSPS) is 15.5. The topological polar surface area (TPSA) is 71.2 Å². The monoisotopic (exact) mass is 318 g/mol. The van der Waals surface area contributed by atoms with E-state index in [-0.39, 0.29) is 5.78 Å². The summed E-state index contributed by atoms with van der Waals surface area (Å²) in [6.07, 6.45) is 2.00. The number of pyridine rings is 1. The molecule has 0 unspecified atom stereocenters. The van der Waals surface area contributed by atoms with Crippen molar-refractivity contribution in [3.05, 3.63) is 16.5 Å². The van der Waals surface area contributed by atoms with Crippen LogP contribution >= 0.6 is 11.3 Å². The number of aromatic nitrogens is 1. The molecule has 1 saturated heterocycles. The molecule has 22 heavy (non-hydrogen) atoms. The molecule has 1 aliphatic rings. The van der Waals surface area contributed by atoms with Crippen LogP contribution in [0.25, 0.3) is 10.2 Å². The van der Waals surface area contributed by atoms with Crippen molar-refractivity contribution in [1.82, 2.24) is 10.3 Å². The molecule has 0 spiro atoms. The number of anilines is 2. The number of hydrogen-bond acceptors (Lipinski definition) is 6. The maximum atomic E-state index is 11.8. The molecule has 0 bridgehead atoms. The Labute approximate surface area is 134 Å². The lowest BCUT2D eigenvalue weighted by molar-refractivity contribution is 0.102. The Hall–Kier alpha value is -1.66. The summed E-state index contributed by atoms with van der Waals surface area (Å²) in [7, 11) is 0. The van der Waals surface area contributed by atoms with Gasteiger partial charge in [0.25, 0.3) is 0 Å². The van der Waals surface area contributed by atoms with Gasteiger partial charge in [-0.3, -0.25) is 4.79 Å².